The Morgan fingerprint density at radius 1 is 0.829 bits per heavy atom. The van der Waals surface area contributed by atoms with Crippen LogP contribution in [0.1, 0.15) is 26.3 Å². The third-order valence-electron chi connectivity index (χ3n) is 5.22. The number of amides is 1. The monoisotopic (exact) mass is 532 g/mol. The second kappa shape index (κ2) is 10.8. The summed E-state index contributed by atoms with van der Waals surface area (Å²) < 4.78 is 17.1. The molecule has 0 aliphatic rings. The standard InChI is InChI=1S/C27H21BrN2O5/c1-33-24-14-10-19(15-25(24)34-2)27(32)35-23-13-9-17-5-3-4-6-21(17)22(23)16-29-30-26(31)18-7-11-20(28)12-8-18/h3-16H,1-2H3,(H,30,31). The number of benzene rings is 4. The first-order chi connectivity index (χ1) is 17.0. The van der Waals surface area contributed by atoms with Crippen LogP contribution in [0.5, 0.6) is 17.2 Å². The molecule has 0 radical (unpaired) electrons. The Labute approximate surface area is 210 Å². The summed E-state index contributed by atoms with van der Waals surface area (Å²) in [5.41, 5.74) is 3.82. The first-order valence-corrected chi connectivity index (χ1v) is 11.3. The summed E-state index contributed by atoms with van der Waals surface area (Å²) in [7, 11) is 3.01. The molecular weight excluding hydrogens is 512 g/mol. The van der Waals surface area contributed by atoms with Crippen LogP contribution in [0, 0.1) is 0 Å². The summed E-state index contributed by atoms with van der Waals surface area (Å²) in [6.07, 6.45) is 1.47. The van der Waals surface area contributed by atoms with Gasteiger partial charge in [0.05, 0.1) is 26.0 Å². The number of methoxy groups -OCH3 is 2. The SMILES string of the molecule is COc1ccc(C(=O)Oc2ccc3ccccc3c2C=NNC(=O)c2ccc(Br)cc2)cc1OC. The van der Waals surface area contributed by atoms with Crippen LogP contribution in [-0.2, 0) is 0 Å². The molecule has 4 aromatic carbocycles. The zero-order valence-electron chi connectivity index (χ0n) is 18.9. The average molecular weight is 533 g/mol. The van der Waals surface area contributed by atoms with E-state index in [0.717, 1.165) is 15.2 Å². The predicted octanol–water partition coefficient (Wildman–Crippen LogP) is 5.60. The van der Waals surface area contributed by atoms with E-state index in [1.54, 1.807) is 48.5 Å². The summed E-state index contributed by atoms with van der Waals surface area (Å²) >= 11 is 3.34. The van der Waals surface area contributed by atoms with Gasteiger partial charge >= 0.3 is 5.97 Å². The number of hydrogen-bond donors (Lipinski definition) is 1. The Bertz CT molecular complexity index is 1420. The molecule has 0 aliphatic carbocycles. The molecule has 0 fully saturated rings. The molecule has 0 aromatic heterocycles. The van der Waals surface area contributed by atoms with E-state index in [0.29, 0.717) is 33.9 Å². The van der Waals surface area contributed by atoms with Crippen molar-refractivity contribution in [3.05, 3.63) is 100 Å². The molecule has 8 heteroatoms. The van der Waals surface area contributed by atoms with E-state index >= 15 is 0 Å². The molecule has 1 amide bonds. The van der Waals surface area contributed by atoms with Crippen molar-refractivity contribution in [2.24, 2.45) is 5.10 Å². The molecular formula is C27H21BrN2O5. The van der Waals surface area contributed by atoms with Gasteiger partial charge in [0.25, 0.3) is 5.91 Å². The fourth-order valence-corrected chi connectivity index (χ4v) is 3.71. The molecule has 4 aromatic rings. The molecule has 0 bridgehead atoms. The van der Waals surface area contributed by atoms with Crippen molar-refractivity contribution >= 4 is 44.8 Å². The van der Waals surface area contributed by atoms with Gasteiger partial charge in [-0.05, 0) is 59.3 Å². The van der Waals surface area contributed by atoms with Gasteiger partial charge in [0.2, 0.25) is 0 Å². The number of hydrogen-bond acceptors (Lipinski definition) is 6. The number of carbonyl (C=O) groups is 2. The molecule has 0 aliphatic heterocycles. The normalized spacial score (nSPS) is 10.8. The highest BCUT2D eigenvalue weighted by atomic mass is 79.9. The maximum atomic E-state index is 12.9. The number of ether oxygens (including phenoxy) is 3. The Morgan fingerprint density at radius 2 is 1.51 bits per heavy atom. The molecule has 0 saturated heterocycles. The smallest absolute Gasteiger partial charge is 0.343 e. The van der Waals surface area contributed by atoms with Crippen LogP contribution in [0.2, 0.25) is 0 Å². The quantitative estimate of drug-likeness (QED) is 0.145. The molecule has 0 saturated carbocycles. The number of rotatable bonds is 7. The highest BCUT2D eigenvalue weighted by molar-refractivity contribution is 9.10. The molecule has 4 rings (SSSR count). The van der Waals surface area contributed by atoms with E-state index in [9.17, 15) is 9.59 Å². The van der Waals surface area contributed by atoms with E-state index in [1.807, 2.05) is 30.3 Å². The van der Waals surface area contributed by atoms with Crippen LogP contribution in [0.15, 0.2) is 88.4 Å². The van der Waals surface area contributed by atoms with Crippen LogP contribution in [0.4, 0.5) is 0 Å². The fourth-order valence-electron chi connectivity index (χ4n) is 3.44. The lowest BCUT2D eigenvalue weighted by atomic mass is 10.0. The zero-order valence-corrected chi connectivity index (χ0v) is 20.5. The summed E-state index contributed by atoms with van der Waals surface area (Å²) in [6.45, 7) is 0. The molecule has 0 heterocycles. The Balaban J connectivity index is 1.62. The number of hydrazone groups is 1. The minimum atomic E-state index is -0.574. The molecule has 0 unspecified atom stereocenters. The first-order valence-electron chi connectivity index (χ1n) is 10.5. The van der Waals surface area contributed by atoms with Crippen molar-refractivity contribution in [1.29, 1.82) is 0 Å². The van der Waals surface area contributed by atoms with E-state index in [-0.39, 0.29) is 5.91 Å². The second-order valence-corrected chi connectivity index (χ2v) is 8.28. The lowest BCUT2D eigenvalue weighted by molar-refractivity contribution is 0.0734. The van der Waals surface area contributed by atoms with Gasteiger partial charge in [-0.1, -0.05) is 46.3 Å². The number of fused-ring (bicyclic) bond motifs is 1. The molecule has 0 atom stereocenters. The van der Waals surface area contributed by atoms with Gasteiger partial charge < -0.3 is 14.2 Å². The minimum absolute atomic E-state index is 0.294. The first kappa shape index (κ1) is 24.0. The molecule has 7 nitrogen and oxygen atoms in total. The fraction of sp³-hybridized carbons (Fsp3) is 0.0741. The number of nitrogens with one attached hydrogen (secondary N) is 1. The van der Waals surface area contributed by atoms with Crippen molar-refractivity contribution in [2.45, 2.75) is 0 Å². The zero-order chi connectivity index (χ0) is 24.8. The average Bonchev–Trinajstić information content (AvgIpc) is 2.89. The maximum absolute atomic E-state index is 12.9. The minimum Gasteiger partial charge on any atom is -0.493 e. The van der Waals surface area contributed by atoms with E-state index in [1.165, 1.54) is 20.4 Å². The van der Waals surface area contributed by atoms with Crippen LogP contribution in [0.3, 0.4) is 0 Å². The molecule has 0 spiro atoms. The maximum Gasteiger partial charge on any atom is 0.343 e. The predicted molar refractivity (Wildman–Crippen MR) is 138 cm³/mol. The second-order valence-electron chi connectivity index (χ2n) is 7.36. The van der Waals surface area contributed by atoms with Gasteiger partial charge in [-0.25, -0.2) is 10.2 Å². The highest BCUT2D eigenvalue weighted by Crippen LogP contribution is 2.30. The van der Waals surface area contributed by atoms with Crippen LogP contribution in [-0.4, -0.2) is 32.3 Å². The highest BCUT2D eigenvalue weighted by Gasteiger charge is 2.16. The topological polar surface area (TPSA) is 86.2 Å². The third-order valence-corrected chi connectivity index (χ3v) is 5.75. The van der Waals surface area contributed by atoms with Crippen molar-refractivity contribution in [2.75, 3.05) is 14.2 Å². The Kier molecular flexibility index (Phi) is 7.42. The van der Waals surface area contributed by atoms with Crippen molar-refractivity contribution < 1.29 is 23.8 Å². The van der Waals surface area contributed by atoms with Gasteiger partial charge in [-0.2, -0.15) is 5.10 Å². The van der Waals surface area contributed by atoms with E-state index in [4.69, 9.17) is 14.2 Å². The number of esters is 1. The van der Waals surface area contributed by atoms with Gasteiger partial charge in [0.1, 0.15) is 5.75 Å². The summed E-state index contributed by atoms with van der Waals surface area (Å²) in [5, 5.41) is 5.86. The van der Waals surface area contributed by atoms with Gasteiger partial charge in [0.15, 0.2) is 11.5 Å². The lowest BCUT2D eigenvalue weighted by Gasteiger charge is -2.12. The van der Waals surface area contributed by atoms with E-state index in [2.05, 4.69) is 26.5 Å². The number of halogens is 1. The van der Waals surface area contributed by atoms with Gasteiger partial charge in [0, 0.05) is 15.6 Å². The van der Waals surface area contributed by atoms with E-state index < -0.39 is 5.97 Å². The molecule has 35 heavy (non-hydrogen) atoms. The van der Waals surface area contributed by atoms with Crippen molar-refractivity contribution in [3.8, 4) is 17.2 Å². The molecule has 1 N–H and O–H groups in total. The Hall–Kier alpha value is -4.17. The summed E-state index contributed by atoms with van der Waals surface area (Å²) in [4.78, 5) is 25.4. The number of nitrogens with zero attached hydrogens (tertiary/aromatic N) is 1. The Morgan fingerprint density at radius 3 is 2.26 bits per heavy atom. The lowest BCUT2D eigenvalue weighted by Crippen LogP contribution is -2.17. The summed E-state index contributed by atoms with van der Waals surface area (Å²) in [6, 6.07) is 22.8. The molecule has 176 valence electrons. The van der Waals surface area contributed by atoms with Crippen LogP contribution in [0.25, 0.3) is 10.8 Å². The summed E-state index contributed by atoms with van der Waals surface area (Å²) in [5.74, 6) is 0.278. The van der Waals surface area contributed by atoms with Gasteiger partial charge in [-0.15, -0.1) is 0 Å². The van der Waals surface area contributed by atoms with Gasteiger partial charge in [-0.3, -0.25) is 4.79 Å². The van der Waals surface area contributed by atoms with Crippen molar-refractivity contribution in [3.63, 3.8) is 0 Å². The largest absolute Gasteiger partial charge is 0.493 e. The number of carbonyl (C=O) groups excluding carboxylic acids is 2. The van der Waals surface area contributed by atoms with Crippen molar-refractivity contribution in [1.82, 2.24) is 5.43 Å². The van der Waals surface area contributed by atoms with Crippen LogP contribution >= 0.6 is 15.9 Å². The third kappa shape index (κ3) is 5.50. The van der Waals surface area contributed by atoms with Crippen LogP contribution < -0.4 is 19.6 Å².